The van der Waals surface area contributed by atoms with Gasteiger partial charge in [-0.3, -0.25) is 9.52 Å². The molecule has 0 unspecified atom stereocenters. The lowest BCUT2D eigenvalue weighted by Crippen LogP contribution is -2.14. The third-order valence-electron chi connectivity index (χ3n) is 4.46. The van der Waals surface area contributed by atoms with Gasteiger partial charge in [0.05, 0.1) is 4.90 Å². The number of aryl methyl sites for hydroxylation is 2. The van der Waals surface area contributed by atoms with Crippen LogP contribution in [0.4, 0.5) is 22.5 Å². The fourth-order valence-electron chi connectivity index (χ4n) is 2.98. The predicted molar refractivity (Wildman–Crippen MR) is 129 cm³/mol. The molecule has 1 amide bonds. The molecule has 0 radical (unpaired) electrons. The van der Waals surface area contributed by atoms with Crippen molar-refractivity contribution < 1.29 is 13.2 Å². The molecular weight excluding hydrogens is 460 g/mol. The van der Waals surface area contributed by atoms with E-state index in [4.69, 9.17) is 0 Å². The summed E-state index contributed by atoms with van der Waals surface area (Å²) in [5.41, 5.74) is 3.39. The molecule has 0 aliphatic carbocycles. The normalized spacial score (nSPS) is 11.1. The number of aromatic nitrogens is 3. The van der Waals surface area contributed by atoms with Crippen molar-refractivity contribution in [2.75, 3.05) is 15.4 Å². The Hall–Kier alpha value is -3.83. The van der Waals surface area contributed by atoms with Gasteiger partial charge in [0, 0.05) is 39.9 Å². The first-order chi connectivity index (χ1) is 15.8. The maximum Gasteiger partial charge on any atom is 0.263 e. The van der Waals surface area contributed by atoms with Crippen molar-refractivity contribution in [1.29, 1.82) is 0 Å². The number of thiazole rings is 1. The Kier molecular flexibility index (Phi) is 6.33. The Labute approximate surface area is 195 Å². The highest BCUT2D eigenvalue weighted by Gasteiger charge is 2.16. The number of rotatable bonds is 7. The molecule has 3 N–H and O–H groups in total. The SMILES string of the molecule is Cc1cc(C)nc(Nc2ccc(C(=O)Nc3ccc(S(=O)(=O)Nc4nccs4)cc3)cc2)n1. The smallest absolute Gasteiger partial charge is 0.263 e. The van der Waals surface area contributed by atoms with Crippen molar-refractivity contribution in [3.05, 3.63) is 83.1 Å². The molecule has 168 valence electrons. The molecule has 0 atom stereocenters. The molecule has 0 fully saturated rings. The van der Waals surface area contributed by atoms with E-state index in [2.05, 4.69) is 30.3 Å². The Morgan fingerprint density at radius 1 is 0.909 bits per heavy atom. The molecule has 0 aliphatic heterocycles. The van der Waals surface area contributed by atoms with Gasteiger partial charge >= 0.3 is 0 Å². The molecular formula is C22H20N6O3S2. The minimum absolute atomic E-state index is 0.0692. The minimum Gasteiger partial charge on any atom is -0.324 e. The predicted octanol–water partition coefficient (Wildman–Crippen LogP) is 4.35. The fourth-order valence-corrected chi connectivity index (χ4v) is 4.77. The minimum atomic E-state index is -3.75. The van der Waals surface area contributed by atoms with Gasteiger partial charge in [-0.05, 0) is 68.4 Å². The number of benzene rings is 2. The number of amides is 1. The number of nitrogens with zero attached hydrogens (tertiary/aromatic N) is 3. The lowest BCUT2D eigenvalue weighted by Gasteiger charge is -2.09. The van der Waals surface area contributed by atoms with E-state index in [0.717, 1.165) is 17.1 Å². The number of sulfonamides is 1. The highest BCUT2D eigenvalue weighted by Crippen LogP contribution is 2.20. The first kappa shape index (κ1) is 22.4. The molecule has 2 heterocycles. The summed E-state index contributed by atoms with van der Waals surface area (Å²) in [6.45, 7) is 3.79. The molecule has 0 spiro atoms. The van der Waals surface area contributed by atoms with Crippen LogP contribution in [0.3, 0.4) is 0 Å². The second-order valence-corrected chi connectivity index (χ2v) is 9.67. The van der Waals surface area contributed by atoms with Crippen LogP contribution in [-0.2, 0) is 10.0 Å². The van der Waals surface area contributed by atoms with Crippen LogP contribution in [0.1, 0.15) is 21.7 Å². The van der Waals surface area contributed by atoms with Gasteiger partial charge in [0.1, 0.15) is 0 Å². The van der Waals surface area contributed by atoms with Gasteiger partial charge < -0.3 is 10.6 Å². The summed E-state index contributed by atoms with van der Waals surface area (Å²) in [6.07, 6.45) is 1.51. The van der Waals surface area contributed by atoms with Crippen LogP contribution in [-0.4, -0.2) is 29.3 Å². The zero-order chi connectivity index (χ0) is 23.4. The van der Waals surface area contributed by atoms with Gasteiger partial charge in [-0.25, -0.2) is 23.4 Å². The summed E-state index contributed by atoms with van der Waals surface area (Å²) in [4.78, 5) is 25.2. The van der Waals surface area contributed by atoms with E-state index in [1.54, 1.807) is 29.6 Å². The van der Waals surface area contributed by atoms with E-state index < -0.39 is 10.0 Å². The molecule has 9 nitrogen and oxygen atoms in total. The zero-order valence-electron chi connectivity index (χ0n) is 17.7. The molecule has 0 saturated carbocycles. The molecule has 4 aromatic rings. The number of carbonyl (C=O) groups is 1. The van der Waals surface area contributed by atoms with Crippen LogP contribution in [0.5, 0.6) is 0 Å². The van der Waals surface area contributed by atoms with Crippen LogP contribution in [0.15, 0.2) is 71.1 Å². The quantitative estimate of drug-likeness (QED) is 0.359. The Morgan fingerprint density at radius 3 is 2.15 bits per heavy atom. The van der Waals surface area contributed by atoms with E-state index in [-0.39, 0.29) is 15.9 Å². The van der Waals surface area contributed by atoms with Gasteiger partial charge in [0.25, 0.3) is 15.9 Å². The largest absolute Gasteiger partial charge is 0.324 e. The topological polar surface area (TPSA) is 126 Å². The van der Waals surface area contributed by atoms with Crippen LogP contribution >= 0.6 is 11.3 Å². The summed E-state index contributed by atoms with van der Waals surface area (Å²) in [5, 5.41) is 7.84. The zero-order valence-corrected chi connectivity index (χ0v) is 19.4. The maximum absolute atomic E-state index is 12.6. The summed E-state index contributed by atoms with van der Waals surface area (Å²) >= 11 is 1.19. The van der Waals surface area contributed by atoms with Gasteiger partial charge in [0.2, 0.25) is 5.95 Å². The molecule has 11 heteroatoms. The standard InChI is InChI=1S/C22H20N6O3S2/c1-14-13-15(2)25-21(24-14)27-18-5-3-16(4-6-18)20(29)26-17-7-9-19(10-8-17)33(30,31)28-22-23-11-12-32-22/h3-13H,1-2H3,(H,23,28)(H,26,29)(H,24,25,27). The van der Waals surface area contributed by atoms with E-state index in [0.29, 0.717) is 17.2 Å². The maximum atomic E-state index is 12.6. The average Bonchev–Trinajstić information content (AvgIpc) is 3.26. The van der Waals surface area contributed by atoms with Crippen molar-refractivity contribution in [1.82, 2.24) is 15.0 Å². The summed E-state index contributed by atoms with van der Waals surface area (Å²) < 4.78 is 27.2. The van der Waals surface area contributed by atoms with E-state index in [9.17, 15) is 13.2 Å². The van der Waals surface area contributed by atoms with Crippen molar-refractivity contribution >= 4 is 49.7 Å². The lowest BCUT2D eigenvalue weighted by molar-refractivity contribution is 0.102. The summed E-state index contributed by atoms with van der Waals surface area (Å²) in [5.74, 6) is 0.171. The molecule has 0 bridgehead atoms. The van der Waals surface area contributed by atoms with Crippen molar-refractivity contribution in [2.45, 2.75) is 18.7 Å². The molecule has 33 heavy (non-hydrogen) atoms. The molecule has 0 saturated heterocycles. The first-order valence-corrected chi connectivity index (χ1v) is 12.2. The second kappa shape index (κ2) is 9.35. The highest BCUT2D eigenvalue weighted by molar-refractivity contribution is 7.93. The lowest BCUT2D eigenvalue weighted by atomic mass is 10.2. The summed E-state index contributed by atoms with van der Waals surface area (Å²) in [7, 11) is -3.75. The van der Waals surface area contributed by atoms with Crippen molar-refractivity contribution in [3.63, 3.8) is 0 Å². The number of hydrogen-bond acceptors (Lipinski definition) is 8. The second-order valence-electron chi connectivity index (χ2n) is 7.10. The Bertz CT molecular complexity index is 1350. The Balaban J connectivity index is 1.39. The number of carbonyl (C=O) groups excluding carboxylic acids is 1. The van der Waals surface area contributed by atoms with Crippen LogP contribution in [0, 0.1) is 13.8 Å². The third kappa shape index (κ3) is 5.70. The third-order valence-corrected chi connectivity index (χ3v) is 6.63. The van der Waals surface area contributed by atoms with Gasteiger partial charge in [-0.1, -0.05) is 0 Å². The molecule has 2 aromatic carbocycles. The number of hydrogen-bond donors (Lipinski definition) is 3. The van der Waals surface area contributed by atoms with Gasteiger partial charge in [0.15, 0.2) is 5.13 Å². The summed E-state index contributed by atoms with van der Waals surface area (Å²) in [6, 6.07) is 14.7. The van der Waals surface area contributed by atoms with Gasteiger partial charge in [-0.2, -0.15) is 0 Å². The van der Waals surface area contributed by atoms with E-state index in [1.807, 2.05) is 19.9 Å². The number of anilines is 4. The van der Waals surface area contributed by atoms with Gasteiger partial charge in [-0.15, -0.1) is 11.3 Å². The fraction of sp³-hybridized carbons (Fsp3) is 0.0909. The van der Waals surface area contributed by atoms with Crippen LogP contribution < -0.4 is 15.4 Å². The van der Waals surface area contributed by atoms with Crippen LogP contribution in [0.2, 0.25) is 0 Å². The van der Waals surface area contributed by atoms with Crippen LogP contribution in [0.25, 0.3) is 0 Å². The van der Waals surface area contributed by atoms with E-state index >= 15 is 0 Å². The Morgan fingerprint density at radius 2 is 1.55 bits per heavy atom. The van der Waals surface area contributed by atoms with Crippen molar-refractivity contribution in [3.8, 4) is 0 Å². The number of nitrogens with one attached hydrogen (secondary N) is 3. The first-order valence-electron chi connectivity index (χ1n) is 9.82. The van der Waals surface area contributed by atoms with Crippen molar-refractivity contribution in [2.24, 2.45) is 0 Å². The molecule has 4 rings (SSSR count). The monoisotopic (exact) mass is 480 g/mol. The van der Waals surface area contributed by atoms with E-state index in [1.165, 1.54) is 41.8 Å². The highest BCUT2D eigenvalue weighted by atomic mass is 32.2. The molecule has 0 aliphatic rings. The average molecular weight is 481 g/mol. The molecule has 2 aromatic heterocycles.